The fourth-order valence-corrected chi connectivity index (χ4v) is 13.8. The predicted molar refractivity (Wildman–Crippen MR) is 303 cm³/mol. The molecule has 336 valence electrons. The average Bonchev–Trinajstić information content (AvgIpc) is 4.03. The van der Waals surface area contributed by atoms with Gasteiger partial charge in [0.1, 0.15) is 0 Å². The van der Waals surface area contributed by atoms with E-state index in [9.17, 15) is 0 Å². The first kappa shape index (κ1) is 41.7. The number of anilines is 3. The Hall–Kier alpha value is -8.30. The molecule has 0 saturated heterocycles. The summed E-state index contributed by atoms with van der Waals surface area (Å²) in [4.78, 5) is 2.47. The number of hydrogen-bond donors (Lipinski definition) is 0. The first-order chi connectivity index (χ1) is 34.9. The highest BCUT2D eigenvalue weighted by atomic mass is 32.1. The van der Waals surface area contributed by atoms with Crippen LogP contribution in [0.25, 0.3) is 86.6 Å². The van der Waals surface area contributed by atoms with Crippen LogP contribution >= 0.6 is 11.3 Å². The Balaban J connectivity index is 0.897. The Morgan fingerprint density at radius 1 is 0.366 bits per heavy atom. The van der Waals surface area contributed by atoms with Crippen LogP contribution in [0.4, 0.5) is 17.1 Å². The molecule has 0 amide bonds. The van der Waals surface area contributed by atoms with Gasteiger partial charge in [-0.15, -0.1) is 11.3 Å². The standard InChI is InChI=1S/C69H49NS/c1-68(2)60-27-13-11-24-55(60)58-26-15-25-57(66(58)68)53-22-10-9-20-51(53)46-33-39-50(40-34-46)70(63-29-16-30-64-65(63)59-42-35-45-17-7-8-21-52(45)67(59)71-64)49-37-31-44(32-38-49)47-36-41-56-54-23-12-14-28-61(54)69(3,62(56)43-47)48-18-5-4-6-19-48/h4-43H,1-3H3. The van der Waals surface area contributed by atoms with E-state index in [0.717, 1.165) is 11.4 Å². The molecule has 0 saturated carbocycles. The maximum absolute atomic E-state index is 2.47. The molecule has 14 rings (SSSR count). The van der Waals surface area contributed by atoms with Gasteiger partial charge in [-0.1, -0.05) is 214 Å². The van der Waals surface area contributed by atoms with Crippen molar-refractivity contribution >= 4 is 59.3 Å². The summed E-state index contributed by atoms with van der Waals surface area (Å²) in [5.41, 5.74) is 22.5. The molecule has 1 unspecified atom stereocenters. The third kappa shape index (κ3) is 6.24. The molecule has 1 heterocycles. The average molecular weight is 924 g/mol. The lowest BCUT2D eigenvalue weighted by molar-refractivity contribution is 0.662. The van der Waals surface area contributed by atoms with E-state index in [1.807, 2.05) is 11.3 Å². The largest absolute Gasteiger partial charge is 0.310 e. The molecule has 0 aliphatic heterocycles. The van der Waals surface area contributed by atoms with Crippen molar-refractivity contribution < 1.29 is 0 Å². The molecule has 0 N–H and O–H groups in total. The van der Waals surface area contributed by atoms with E-state index in [0.29, 0.717) is 0 Å². The molecule has 0 radical (unpaired) electrons. The molecular weight excluding hydrogens is 875 g/mol. The predicted octanol–water partition coefficient (Wildman–Crippen LogP) is 19.3. The minimum absolute atomic E-state index is 0.121. The summed E-state index contributed by atoms with van der Waals surface area (Å²) in [5.74, 6) is 0. The Morgan fingerprint density at radius 3 is 1.69 bits per heavy atom. The molecular formula is C69H49NS. The molecule has 0 spiro atoms. The fourth-order valence-electron chi connectivity index (χ4n) is 12.5. The summed E-state index contributed by atoms with van der Waals surface area (Å²) in [6.45, 7) is 7.16. The number of thiophene rings is 1. The maximum atomic E-state index is 2.47. The molecule has 1 aromatic heterocycles. The minimum atomic E-state index is -0.260. The van der Waals surface area contributed by atoms with Gasteiger partial charge in [-0.2, -0.15) is 0 Å². The zero-order valence-corrected chi connectivity index (χ0v) is 40.8. The molecule has 11 aromatic carbocycles. The molecule has 2 aliphatic rings. The van der Waals surface area contributed by atoms with Gasteiger partial charge in [0, 0.05) is 42.4 Å². The van der Waals surface area contributed by atoms with Gasteiger partial charge >= 0.3 is 0 Å². The van der Waals surface area contributed by atoms with Crippen LogP contribution in [-0.2, 0) is 10.8 Å². The van der Waals surface area contributed by atoms with Crippen molar-refractivity contribution in [3.8, 4) is 55.6 Å². The Labute approximate surface area is 419 Å². The lowest BCUT2D eigenvalue weighted by Gasteiger charge is -2.29. The molecule has 0 fully saturated rings. The van der Waals surface area contributed by atoms with Crippen LogP contribution in [0.15, 0.2) is 243 Å². The summed E-state index contributed by atoms with van der Waals surface area (Å²) in [6.07, 6.45) is 0. The lowest BCUT2D eigenvalue weighted by atomic mass is 9.74. The summed E-state index contributed by atoms with van der Waals surface area (Å²) >= 11 is 1.89. The number of hydrogen-bond acceptors (Lipinski definition) is 2. The van der Waals surface area contributed by atoms with Crippen molar-refractivity contribution in [2.75, 3.05) is 4.90 Å². The highest BCUT2D eigenvalue weighted by molar-refractivity contribution is 7.26. The first-order valence-electron chi connectivity index (χ1n) is 24.8. The highest BCUT2D eigenvalue weighted by Crippen LogP contribution is 2.55. The second-order valence-corrected chi connectivity index (χ2v) is 21.1. The van der Waals surface area contributed by atoms with Gasteiger partial charge in [0.05, 0.1) is 5.69 Å². The van der Waals surface area contributed by atoms with Crippen molar-refractivity contribution in [2.24, 2.45) is 0 Å². The summed E-state index contributed by atoms with van der Waals surface area (Å²) in [6, 6.07) is 90.6. The van der Waals surface area contributed by atoms with Gasteiger partial charge in [0.25, 0.3) is 0 Å². The second-order valence-electron chi connectivity index (χ2n) is 20.1. The zero-order chi connectivity index (χ0) is 47.4. The fraction of sp³-hybridized carbons (Fsp3) is 0.0725. The first-order valence-corrected chi connectivity index (χ1v) is 25.6. The number of benzene rings is 11. The molecule has 2 heteroatoms. The molecule has 0 bridgehead atoms. The van der Waals surface area contributed by atoms with Crippen LogP contribution in [0, 0.1) is 0 Å². The maximum Gasteiger partial charge on any atom is 0.0554 e. The van der Waals surface area contributed by atoms with Crippen LogP contribution < -0.4 is 4.90 Å². The highest BCUT2D eigenvalue weighted by Gasteiger charge is 2.41. The van der Waals surface area contributed by atoms with E-state index in [1.54, 1.807) is 0 Å². The van der Waals surface area contributed by atoms with Crippen LogP contribution in [0.5, 0.6) is 0 Å². The summed E-state index contributed by atoms with van der Waals surface area (Å²) < 4.78 is 2.61. The quantitative estimate of drug-likeness (QED) is 0.154. The lowest BCUT2D eigenvalue weighted by Crippen LogP contribution is -2.22. The smallest absolute Gasteiger partial charge is 0.0554 e. The van der Waals surface area contributed by atoms with Gasteiger partial charge < -0.3 is 4.90 Å². The van der Waals surface area contributed by atoms with Crippen LogP contribution in [-0.4, -0.2) is 0 Å². The summed E-state index contributed by atoms with van der Waals surface area (Å²) in [7, 11) is 0. The number of rotatable bonds is 7. The van der Waals surface area contributed by atoms with Gasteiger partial charge in [-0.05, 0) is 144 Å². The second kappa shape index (κ2) is 15.9. The van der Waals surface area contributed by atoms with Crippen molar-refractivity contribution in [2.45, 2.75) is 31.6 Å². The Morgan fingerprint density at radius 2 is 0.930 bits per heavy atom. The minimum Gasteiger partial charge on any atom is -0.310 e. The van der Waals surface area contributed by atoms with E-state index in [4.69, 9.17) is 0 Å². The van der Waals surface area contributed by atoms with Crippen LogP contribution in [0.3, 0.4) is 0 Å². The van der Waals surface area contributed by atoms with E-state index >= 15 is 0 Å². The van der Waals surface area contributed by atoms with Gasteiger partial charge in [-0.3, -0.25) is 0 Å². The molecule has 1 atom stereocenters. The number of fused-ring (bicyclic) bond motifs is 11. The van der Waals surface area contributed by atoms with Crippen molar-refractivity contribution in [3.63, 3.8) is 0 Å². The summed E-state index contributed by atoms with van der Waals surface area (Å²) in [5, 5.41) is 5.13. The van der Waals surface area contributed by atoms with Crippen molar-refractivity contribution in [3.05, 3.63) is 270 Å². The van der Waals surface area contributed by atoms with Crippen molar-refractivity contribution in [1.82, 2.24) is 0 Å². The Kier molecular flexibility index (Phi) is 9.31. The van der Waals surface area contributed by atoms with Gasteiger partial charge in [0.2, 0.25) is 0 Å². The van der Waals surface area contributed by atoms with Crippen molar-refractivity contribution in [1.29, 1.82) is 0 Å². The Bertz CT molecular complexity index is 4080. The van der Waals surface area contributed by atoms with Crippen LogP contribution in [0.2, 0.25) is 0 Å². The molecule has 1 nitrogen and oxygen atoms in total. The van der Waals surface area contributed by atoms with E-state index in [-0.39, 0.29) is 10.8 Å². The normalized spacial score (nSPS) is 15.1. The van der Waals surface area contributed by atoms with Gasteiger partial charge in [-0.25, -0.2) is 0 Å². The molecule has 12 aromatic rings. The van der Waals surface area contributed by atoms with E-state index < -0.39 is 0 Å². The van der Waals surface area contributed by atoms with E-state index in [1.165, 1.54) is 120 Å². The van der Waals surface area contributed by atoms with Crippen LogP contribution in [0.1, 0.15) is 48.6 Å². The van der Waals surface area contributed by atoms with Gasteiger partial charge in [0.15, 0.2) is 0 Å². The monoisotopic (exact) mass is 923 g/mol. The van der Waals surface area contributed by atoms with E-state index in [2.05, 4.69) is 268 Å². The zero-order valence-electron chi connectivity index (χ0n) is 39.9. The third-order valence-electron chi connectivity index (χ3n) is 16.0. The third-order valence-corrected chi connectivity index (χ3v) is 17.2. The SMILES string of the molecule is CC1(C)c2ccccc2-c2cccc(-c3ccccc3-c3ccc(N(c4ccc(-c5ccc6c(c5)C(C)(c5ccccc5)c5ccccc5-6)cc4)c4cccc5sc6c7ccccc7ccc6c45)cc3)c21. The molecule has 2 aliphatic carbocycles. The molecule has 71 heavy (non-hydrogen) atoms. The topological polar surface area (TPSA) is 3.24 Å². The number of nitrogens with zero attached hydrogens (tertiary/aromatic N) is 1.